The van der Waals surface area contributed by atoms with Gasteiger partial charge in [0.15, 0.2) is 0 Å². The Morgan fingerprint density at radius 3 is 2.28 bits per heavy atom. The van der Waals surface area contributed by atoms with Crippen molar-refractivity contribution in [3.05, 3.63) is 35.9 Å². The molecule has 0 saturated carbocycles. The average molecular weight is 246 g/mol. The van der Waals surface area contributed by atoms with Crippen molar-refractivity contribution in [3.63, 3.8) is 0 Å². The molecule has 18 heavy (non-hydrogen) atoms. The van der Waals surface area contributed by atoms with Crippen LogP contribution in [0.2, 0.25) is 0 Å². The van der Waals surface area contributed by atoms with Crippen LogP contribution >= 0.6 is 0 Å². The Morgan fingerprint density at radius 2 is 1.72 bits per heavy atom. The molecule has 1 saturated heterocycles. The molecule has 0 aliphatic carbocycles. The normalized spacial score (nSPS) is 28.6. The predicted molar refractivity (Wildman–Crippen MR) is 77.7 cm³/mol. The van der Waals surface area contributed by atoms with Gasteiger partial charge in [-0.1, -0.05) is 30.3 Å². The van der Waals surface area contributed by atoms with Crippen LogP contribution in [0.15, 0.2) is 30.3 Å². The zero-order valence-electron chi connectivity index (χ0n) is 12.3. The smallest absolute Gasteiger partial charge is 0.0560 e. The van der Waals surface area contributed by atoms with Crippen molar-refractivity contribution in [1.29, 1.82) is 0 Å². The third kappa shape index (κ3) is 2.45. The number of hydrogen-bond acceptors (Lipinski definition) is 2. The van der Waals surface area contributed by atoms with E-state index in [0.717, 1.165) is 13.1 Å². The van der Waals surface area contributed by atoms with Crippen molar-refractivity contribution >= 4 is 0 Å². The summed E-state index contributed by atoms with van der Waals surface area (Å²) < 4.78 is 0. The van der Waals surface area contributed by atoms with Gasteiger partial charge in [0.2, 0.25) is 0 Å². The summed E-state index contributed by atoms with van der Waals surface area (Å²) in [6, 6.07) is 11.4. The van der Waals surface area contributed by atoms with E-state index in [0.29, 0.717) is 6.04 Å². The molecule has 0 bridgehead atoms. The van der Waals surface area contributed by atoms with Crippen LogP contribution in [0.5, 0.6) is 0 Å². The van der Waals surface area contributed by atoms with Gasteiger partial charge < -0.3 is 5.32 Å². The Morgan fingerprint density at radius 1 is 1.11 bits per heavy atom. The summed E-state index contributed by atoms with van der Waals surface area (Å²) in [4.78, 5) is 2.62. The van der Waals surface area contributed by atoms with Gasteiger partial charge in [-0.05, 0) is 40.2 Å². The third-order valence-electron chi connectivity index (χ3n) is 4.13. The highest BCUT2D eigenvalue weighted by Gasteiger charge is 2.42. The van der Waals surface area contributed by atoms with Crippen molar-refractivity contribution < 1.29 is 0 Å². The third-order valence-corrected chi connectivity index (χ3v) is 4.13. The molecule has 0 spiro atoms. The van der Waals surface area contributed by atoms with Crippen LogP contribution in [-0.2, 0) is 5.54 Å². The van der Waals surface area contributed by atoms with Crippen molar-refractivity contribution in [2.45, 2.75) is 51.7 Å². The summed E-state index contributed by atoms with van der Waals surface area (Å²) >= 11 is 0. The lowest BCUT2D eigenvalue weighted by Crippen LogP contribution is -2.67. The van der Waals surface area contributed by atoms with Crippen LogP contribution in [-0.4, -0.2) is 29.6 Å². The topological polar surface area (TPSA) is 15.3 Å². The number of nitrogens with zero attached hydrogens (tertiary/aromatic N) is 1. The SMILES string of the molecule is CC(C)N1CC(C)(C)NCC1(C)c1ccccc1. The van der Waals surface area contributed by atoms with Gasteiger partial charge in [0.05, 0.1) is 5.54 Å². The first kappa shape index (κ1) is 13.6. The second kappa shape index (κ2) is 4.67. The number of piperazine rings is 1. The molecule has 2 heteroatoms. The molecule has 0 radical (unpaired) electrons. The molecule has 100 valence electrons. The predicted octanol–water partition coefficient (Wildman–Crippen LogP) is 2.99. The fourth-order valence-electron chi connectivity index (χ4n) is 2.99. The molecular formula is C16H26N2. The minimum atomic E-state index is 0.0882. The molecule has 1 atom stereocenters. The van der Waals surface area contributed by atoms with Crippen molar-refractivity contribution in [3.8, 4) is 0 Å². The van der Waals surface area contributed by atoms with Crippen molar-refractivity contribution in [2.24, 2.45) is 0 Å². The molecule has 0 amide bonds. The number of nitrogens with one attached hydrogen (secondary N) is 1. The van der Waals surface area contributed by atoms with Gasteiger partial charge in [-0.3, -0.25) is 4.90 Å². The highest BCUT2D eigenvalue weighted by molar-refractivity contribution is 5.26. The van der Waals surface area contributed by atoms with Crippen LogP contribution in [0.1, 0.15) is 40.2 Å². The Bertz CT molecular complexity index is 397. The summed E-state index contributed by atoms with van der Waals surface area (Å²) in [6.07, 6.45) is 0. The van der Waals surface area contributed by atoms with Gasteiger partial charge in [-0.15, -0.1) is 0 Å². The van der Waals surface area contributed by atoms with E-state index in [-0.39, 0.29) is 11.1 Å². The molecule has 1 aliphatic rings. The summed E-state index contributed by atoms with van der Waals surface area (Å²) in [5.41, 5.74) is 1.69. The lowest BCUT2D eigenvalue weighted by molar-refractivity contribution is -0.000602. The Kier molecular flexibility index (Phi) is 3.52. The van der Waals surface area contributed by atoms with Crippen LogP contribution in [0.3, 0.4) is 0 Å². The molecule has 1 aromatic carbocycles. The summed E-state index contributed by atoms with van der Waals surface area (Å²) in [5, 5.41) is 3.69. The Labute approximate surface area is 111 Å². The lowest BCUT2D eigenvalue weighted by Gasteiger charge is -2.53. The highest BCUT2D eigenvalue weighted by Crippen LogP contribution is 2.34. The summed E-state index contributed by atoms with van der Waals surface area (Å²) in [6.45, 7) is 13.6. The molecule has 2 rings (SSSR count). The number of hydrogen-bond donors (Lipinski definition) is 1. The maximum atomic E-state index is 3.69. The van der Waals surface area contributed by atoms with E-state index in [1.54, 1.807) is 0 Å². The zero-order chi connectivity index (χ0) is 13.4. The van der Waals surface area contributed by atoms with Gasteiger partial charge in [0.25, 0.3) is 0 Å². The molecule has 1 unspecified atom stereocenters. The van der Waals surface area contributed by atoms with Gasteiger partial charge in [-0.2, -0.15) is 0 Å². The molecular weight excluding hydrogens is 220 g/mol. The standard InChI is InChI=1S/C16H26N2/c1-13(2)18-12-15(3,4)17-11-16(18,5)14-9-7-6-8-10-14/h6-10,13,17H,11-12H2,1-5H3. The first-order valence-electron chi connectivity index (χ1n) is 6.92. The number of benzene rings is 1. The highest BCUT2D eigenvalue weighted by atomic mass is 15.3. The molecule has 1 aliphatic heterocycles. The molecule has 1 heterocycles. The van der Waals surface area contributed by atoms with Gasteiger partial charge in [0.1, 0.15) is 0 Å². The first-order valence-corrected chi connectivity index (χ1v) is 6.92. The minimum Gasteiger partial charge on any atom is -0.308 e. The van der Waals surface area contributed by atoms with Crippen molar-refractivity contribution in [1.82, 2.24) is 10.2 Å². The first-order chi connectivity index (χ1) is 8.35. The molecule has 1 aromatic rings. The second-order valence-electron chi connectivity index (χ2n) is 6.60. The largest absolute Gasteiger partial charge is 0.308 e. The van der Waals surface area contributed by atoms with E-state index in [4.69, 9.17) is 0 Å². The Balaban J connectivity index is 2.36. The fraction of sp³-hybridized carbons (Fsp3) is 0.625. The summed E-state index contributed by atoms with van der Waals surface area (Å²) in [5.74, 6) is 0. The van der Waals surface area contributed by atoms with Gasteiger partial charge in [0, 0.05) is 24.7 Å². The molecule has 2 nitrogen and oxygen atoms in total. The maximum absolute atomic E-state index is 3.69. The zero-order valence-corrected chi connectivity index (χ0v) is 12.3. The molecule has 1 N–H and O–H groups in total. The van der Waals surface area contributed by atoms with Crippen LogP contribution in [0.25, 0.3) is 0 Å². The van der Waals surface area contributed by atoms with E-state index < -0.39 is 0 Å². The van der Waals surface area contributed by atoms with Crippen molar-refractivity contribution in [2.75, 3.05) is 13.1 Å². The lowest BCUT2D eigenvalue weighted by atomic mass is 9.83. The van der Waals surface area contributed by atoms with Gasteiger partial charge in [-0.25, -0.2) is 0 Å². The van der Waals surface area contributed by atoms with E-state index in [1.165, 1.54) is 5.56 Å². The average Bonchev–Trinajstić information content (AvgIpc) is 2.33. The molecule has 0 aromatic heterocycles. The minimum absolute atomic E-state index is 0.0882. The second-order valence-corrected chi connectivity index (χ2v) is 6.60. The number of rotatable bonds is 2. The van der Waals surface area contributed by atoms with Crippen LogP contribution < -0.4 is 5.32 Å². The van der Waals surface area contributed by atoms with E-state index in [2.05, 4.69) is 75.2 Å². The summed E-state index contributed by atoms with van der Waals surface area (Å²) in [7, 11) is 0. The van der Waals surface area contributed by atoms with E-state index in [9.17, 15) is 0 Å². The quantitative estimate of drug-likeness (QED) is 0.863. The van der Waals surface area contributed by atoms with Gasteiger partial charge >= 0.3 is 0 Å². The monoisotopic (exact) mass is 246 g/mol. The van der Waals surface area contributed by atoms with E-state index >= 15 is 0 Å². The maximum Gasteiger partial charge on any atom is 0.0560 e. The van der Waals surface area contributed by atoms with E-state index in [1.807, 2.05) is 0 Å². The fourth-order valence-corrected chi connectivity index (χ4v) is 2.99. The van der Waals surface area contributed by atoms with Crippen LogP contribution in [0.4, 0.5) is 0 Å². The molecule has 1 fully saturated rings. The van der Waals surface area contributed by atoms with Crippen LogP contribution in [0, 0.1) is 0 Å². The Hall–Kier alpha value is -0.860.